The normalized spacial score (nSPS) is 16.6. The minimum atomic E-state index is -4.62. The maximum atomic E-state index is 12.9. The van der Waals surface area contributed by atoms with E-state index in [9.17, 15) is 18.0 Å². The number of halogens is 3. The van der Waals surface area contributed by atoms with Crippen LogP contribution in [0.2, 0.25) is 0 Å². The Labute approximate surface area is 142 Å². The lowest BCUT2D eigenvalue weighted by Crippen LogP contribution is -2.42. The van der Waals surface area contributed by atoms with Crippen LogP contribution in [0.15, 0.2) is 12.1 Å². The number of aromatic nitrogens is 4. The van der Waals surface area contributed by atoms with Gasteiger partial charge in [0.05, 0.1) is 0 Å². The largest absolute Gasteiger partial charge is 0.453 e. The lowest BCUT2D eigenvalue weighted by Gasteiger charge is -2.32. The van der Waals surface area contributed by atoms with Crippen LogP contribution in [0.1, 0.15) is 32.5 Å². The third-order valence-corrected chi connectivity index (χ3v) is 4.12. The molecule has 1 saturated heterocycles. The lowest BCUT2D eigenvalue weighted by molar-refractivity contribution is -0.146. The molecule has 1 N–H and O–H groups in total. The van der Waals surface area contributed by atoms with Crippen molar-refractivity contribution in [1.82, 2.24) is 25.1 Å². The molecule has 25 heavy (non-hydrogen) atoms. The fourth-order valence-corrected chi connectivity index (χ4v) is 2.90. The molecule has 1 aliphatic rings. The molecule has 2 aromatic rings. The van der Waals surface area contributed by atoms with Gasteiger partial charge in [-0.15, -0.1) is 15.3 Å². The van der Waals surface area contributed by atoms with Gasteiger partial charge in [0.25, 0.3) is 5.82 Å². The van der Waals surface area contributed by atoms with E-state index in [1.54, 1.807) is 6.07 Å². The fraction of sp³-hybridized carbons (Fsp3) is 0.600. The van der Waals surface area contributed by atoms with Crippen LogP contribution in [-0.4, -0.2) is 44.8 Å². The predicted molar refractivity (Wildman–Crippen MR) is 84.0 cm³/mol. The molecule has 0 aliphatic carbocycles. The first kappa shape index (κ1) is 17.4. The fourth-order valence-electron chi connectivity index (χ4n) is 2.90. The van der Waals surface area contributed by atoms with Gasteiger partial charge in [-0.05, 0) is 38.8 Å². The predicted octanol–water partition coefficient (Wildman–Crippen LogP) is 1.88. The average molecular weight is 356 g/mol. The van der Waals surface area contributed by atoms with Crippen LogP contribution < -0.4 is 10.2 Å². The minimum Gasteiger partial charge on any atom is -0.355 e. The van der Waals surface area contributed by atoms with Gasteiger partial charge in [0.2, 0.25) is 5.91 Å². The number of fused-ring (bicyclic) bond motifs is 1. The number of hydrogen-bond donors (Lipinski definition) is 1. The first-order chi connectivity index (χ1) is 11.8. The zero-order valence-corrected chi connectivity index (χ0v) is 13.9. The number of hydrogen-bond acceptors (Lipinski definition) is 5. The molecule has 0 bridgehead atoms. The van der Waals surface area contributed by atoms with E-state index in [0.29, 0.717) is 36.3 Å². The number of rotatable bonds is 3. The SMILES string of the molecule is CC(C)NC(=O)C1CCN(c2ccc3nnc(C(F)(F)F)n3n2)CC1. The molecule has 136 valence electrons. The Kier molecular flexibility index (Phi) is 4.53. The van der Waals surface area contributed by atoms with Crippen molar-refractivity contribution in [2.24, 2.45) is 5.92 Å². The van der Waals surface area contributed by atoms with Gasteiger partial charge in [0.1, 0.15) is 5.82 Å². The standard InChI is InChI=1S/C15H19F3N6O/c1-9(2)19-13(25)10-5-7-23(8-6-10)12-4-3-11-20-21-14(15(16,17)18)24(11)22-12/h3-4,9-10H,5-8H2,1-2H3,(H,19,25). The molecule has 0 atom stereocenters. The van der Waals surface area contributed by atoms with Gasteiger partial charge in [-0.2, -0.15) is 17.7 Å². The molecule has 1 amide bonds. The maximum Gasteiger partial charge on any atom is 0.453 e. The number of amides is 1. The van der Waals surface area contributed by atoms with Gasteiger partial charge in [-0.3, -0.25) is 4.79 Å². The zero-order valence-electron chi connectivity index (χ0n) is 13.9. The molecule has 0 unspecified atom stereocenters. The van der Waals surface area contributed by atoms with Gasteiger partial charge in [-0.1, -0.05) is 0 Å². The van der Waals surface area contributed by atoms with E-state index < -0.39 is 12.0 Å². The molecular formula is C15H19F3N6O. The summed E-state index contributed by atoms with van der Waals surface area (Å²) in [6, 6.07) is 3.17. The second kappa shape index (κ2) is 6.49. The Bertz CT molecular complexity index is 764. The molecule has 2 aromatic heterocycles. The maximum absolute atomic E-state index is 12.9. The van der Waals surface area contributed by atoms with Crippen molar-refractivity contribution in [3.05, 3.63) is 18.0 Å². The Hall–Kier alpha value is -2.39. The highest BCUT2D eigenvalue weighted by molar-refractivity contribution is 5.79. The van der Waals surface area contributed by atoms with Crippen molar-refractivity contribution < 1.29 is 18.0 Å². The van der Waals surface area contributed by atoms with Crippen molar-refractivity contribution in [1.29, 1.82) is 0 Å². The van der Waals surface area contributed by atoms with Crippen LogP contribution in [0, 0.1) is 5.92 Å². The number of nitrogens with one attached hydrogen (secondary N) is 1. The third-order valence-electron chi connectivity index (χ3n) is 4.12. The molecule has 0 radical (unpaired) electrons. The summed E-state index contributed by atoms with van der Waals surface area (Å²) >= 11 is 0. The summed E-state index contributed by atoms with van der Waals surface area (Å²) in [4.78, 5) is 13.9. The van der Waals surface area contributed by atoms with Crippen LogP contribution in [0.3, 0.4) is 0 Å². The Morgan fingerprint density at radius 3 is 2.52 bits per heavy atom. The van der Waals surface area contributed by atoms with Gasteiger partial charge in [-0.25, -0.2) is 0 Å². The molecule has 10 heteroatoms. The molecule has 3 heterocycles. The minimum absolute atomic E-state index is 0.0243. The van der Waals surface area contributed by atoms with Gasteiger partial charge < -0.3 is 10.2 Å². The van der Waals surface area contributed by atoms with Crippen molar-refractivity contribution in [3.63, 3.8) is 0 Å². The Balaban J connectivity index is 1.74. The number of carbonyl (C=O) groups excluding carboxylic acids is 1. The van der Waals surface area contributed by atoms with E-state index >= 15 is 0 Å². The quantitative estimate of drug-likeness (QED) is 0.909. The zero-order chi connectivity index (χ0) is 18.2. The van der Waals surface area contributed by atoms with Gasteiger partial charge >= 0.3 is 6.18 Å². The molecule has 7 nitrogen and oxygen atoms in total. The van der Waals surface area contributed by atoms with E-state index in [4.69, 9.17) is 0 Å². The molecule has 1 aliphatic heterocycles. The summed E-state index contributed by atoms with van der Waals surface area (Å²) in [5, 5.41) is 13.6. The highest BCUT2D eigenvalue weighted by atomic mass is 19.4. The number of carbonyl (C=O) groups is 1. The average Bonchev–Trinajstić information content (AvgIpc) is 2.97. The van der Waals surface area contributed by atoms with Crippen LogP contribution in [0.4, 0.5) is 19.0 Å². The number of piperidine rings is 1. The first-order valence-corrected chi connectivity index (χ1v) is 8.10. The molecule has 1 fully saturated rings. The highest BCUT2D eigenvalue weighted by Crippen LogP contribution is 2.28. The number of anilines is 1. The summed E-state index contributed by atoms with van der Waals surface area (Å²) in [5.74, 6) is -0.782. The van der Waals surface area contributed by atoms with E-state index in [2.05, 4.69) is 20.6 Å². The molecule has 0 spiro atoms. The van der Waals surface area contributed by atoms with Crippen LogP contribution in [0.5, 0.6) is 0 Å². The number of alkyl halides is 3. The summed E-state index contributed by atoms with van der Waals surface area (Å²) in [6.45, 7) is 4.92. The molecule has 0 aromatic carbocycles. The molecule has 3 rings (SSSR count). The van der Waals surface area contributed by atoms with E-state index in [0.717, 1.165) is 0 Å². The second-order valence-corrected chi connectivity index (χ2v) is 6.41. The van der Waals surface area contributed by atoms with Crippen molar-refractivity contribution >= 4 is 17.4 Å². The van der Waals surface area contributed by atoms with Crippen LogP contribution in [-0.2, 0) is 11.0 Å². The summed E-state index contributed by atoms with van der Waals surface area (Å²) in [7, 11) is 0. The van der Waals surface area contributed by atoms with E-state index in [1.807, 2.05) is 18.7 Å². The summed E-state index contributed by atoms with van der Waals surface area (Å²) in [5.41, 5.74) is 0.0438. The smallest absolute Gasteiger partial charge is 0.355 e. The highest BCUT2D eigenvalue weighted by Gasteiger charge is 2.38. The summed E-state index contributed by atoms with van der Waals surface area (Å²) in [6.07, 6.45) is -3.36. The van der Waals surface area contributed by atoms with E-state index in [-0.39, 0.29) is 23.5 Å². The van der Waals surface area contributed by atoms with Crippen molar-refractivity contribution in [2.75, 3.05) is 18.0 Å². The first-order valence-electron chi connectivity index (χ1n) is 8.10. The van der Waals surface area contributed by atoms with Crippen molar-refractivity contribution in [2.45, 2.75) is 38.9 Å². The Morgan fingerprint density at radius 1 is 1.24 bits per heavy atom. The van der Waals surface area contributed by atoms with Crippen LogP contribution in [0.25, 0.3) is 5.65 Å². The topological polar surface area (TPSA) is 75.4 Å². The van der Waals surface area contributed by atoms with E-state index in [1.165, 1.54) is 6.07 Å². The third kappa shape index (κ3) is 3.67. The van der Waals surface area contributed by atoms with Gasteiger partial charge in [0.15, 0.2) is 5.65 Å². The lowest BCUT2D eigenvalue weighted by atomic mass is 9.95. The molecular weight excluding hydrogens is 337 g/mol. The summed E-state index contributed by atoms with van der Waals surface area (Å²) < 4.78 is 39.6. The van der Waals surface area contributed by atoms with Crippen LogP contribution >= 0.6 is 0 Å². The van der Waals surface area contributed by atoms with Gasteiger partial charge in [0, 0.05) is 25.0 Å². The van der Waals surface area contributed by atoms with Crippen molar-refractivity contribution in [3.8, 4) is 0 Å². The second-order valence-electron chi connectivity index (χ2n) is 6.41. The number of nitrogens with zero attached hydrogens (tertiary/aromatic N) is 5. The molecule has 0 saturated carbocycles. The Morgan fingerprint density at radius 2 is 1.92 bits per heavy atom. The monoisotopic (exact) mass is 356 g/mol.